The van der Waals surface area contributed by atoms with Gasteiger partial charge in [-0.05, 0) is 44.4 Å². The molecule has 0 spiro atoms. The van der Waals surface area contributed by atoms with E-state index in [4.69, 9.17) is 10.7 Å². The summed E-state index contributed by atoms with van der Waals surface area (Å²) in [7, 11) is 0. The van der Waals surface area contributed by atoms with Crippen LogP contribution in [-0.4, -0.2) is 44.8 Å². The van der Waals surface area contributed by atoms with Gasteiger partial charge in [0.2, 0.25) is 0 Å². The van der Waals surface area contributed by atoms with Crippen LogP contribution in [0, 0.1) is 13.8 Å². The Bertz CT molecular complexity index is 995. The van der Waals surface area contributed by atoms with Crippen molar-refractivity contribution in [3.8, 4) is 5.82 Å². The van der Waals surface area contributed by atoms with Crippen LogP contribution in [0.25, 0.3) is 16.7 Å². The zero-order valence-corrected chi connectivity index (χ0v) is 15.6. The number of aryl methyl sites for hydroxylation is 2. The lowest BCUT2D eigenvalue weighted by molar-refractivity contribution is 0.193. The Morgan fingerprint density at radius 1 is 1.26 bits per heavy atom. The molecule has 3 N–H and O–H groups in total. The van der Waals surface area contributed by atoms with Crippen LogP contribution in [-0.2, 0) is 0 Å². The third kappa shape index (κ3) is 3.50. The molecule has 1 aliphatic rings. The first-order valence-corrected chi connectivity index (χ1v) is 9.26. The molecule has 3 heterocycles. The van der Waals surface area contributed by atoms with E-state index in [0.717, 1.165) is 41.5 Å². The largest absolute Gasteiger partial charge is 0.326 e. The number of pyridine rings is 1. The van der Waals surface area contributed by atoms with Gasteiger partial charge in [-0.15, -0.1) is 0 Å². The van der Waals surface area contributed by atoms with Crippen molar-refractivity contribution in [2.45, 2.75) is 32.7 Å². The molecule has 27 heavy (non-hydrogen) atoms. The number of para-hydroxylation sites is 1. The van der Waals surface area contributed by atoms with Gasteiger partial charge in [-0.2, -0.15) is 9.78 Å². The van der Waals surface area contributed by atoms with Crippen molar-refractivity contribution in [1.82, 2.24) is 19.7 Å². The van der Waals surface area contributed by atoms with Gasteiger partial charge in [0.25, 0.3) is 0 Å². The Labute approximate surface area is 158 Å². The van der Waals surface area contributed by atoms with Gasteiger partial charge in [0.05, 0.1) is 11.2 Å². The number of rotatable bonds is 2. The highest BCUT2D eigenvalue weighted by Crippen LogP contribution is 2.22. The summed E-state index contributed by atoms with van der Waals surface area (Å²) in [5, 5.41) is 8.63. The quantitative estimate of drug-likeness (QED) is 0.731. The number of amides is 2. The monoisotopic (exact) mass is 364 g/mol. The number of likely N-dealkylation sites (tertiary alicyclic amines) is 1. The lowest BCUT2D eigenvalue weighted by Gasteiger charge is -2.30. The number of piperidine rings is 1. The number of nitrogens with one attached hydrogen (secondary N) is 1. The van der Waals surface area contributed by atoms with Crippen LogP contribution in [0.3, 0.4) is 0 Å². The Morgan fingerprint density at radius 3 is 2.89 bits per heavy atom. The molecule has 7 nitrogen and oxygen atoms in total. The van der Waals surface area contributed by atoms with Crippen molar-refractivity contribution in [3.63, 3.8) is 0 Å². The molecule has 1 fully saturated rings. The molecule has 2 aromatic heterocycles. The molecule has 7 heteroatoms. The van der Waals surface area contributed by atoms with Crippen LogP contribution in [0.5, 0.6) is 0 Å². The summed E-state index contributed by atoms with van der Waals surface area (Å²) in [4.78, 5) is 19.2. The first-order chi connectivity index (χ1) is 13.0. The van der Waals surface area contributed by atoms with Crippen molar-refractivity contribution in [1.29, 1.82) is 0 Å². The molecule has 0 bridgehead atoms. The predicted molar refractivity (Wildman–Crippen MR) is 106 cm³/mol. The Hall–Kier alpha value is -2.93. The number of hydrogen-bond donors (Lipinski definition) is 2. The van der Waals surface area contributed by atoms with E-state index in [1.54, 1.807) is 9.58 Å². The molecule has 4 rings (SSSR count). The van der Waals surface area contributed by atoms with Crippen molar-refractivity contribution in [2.24, 2.45) is 5.73 Å². The molecule has 2 amide bonds. The molecule has 1 aromatic carbocycles. The minimum absolute atomic E-state index is 0.0425. The van der Waals surface area contributed by atoms with Gasteiger partial charge in [-0.25, -0.2) is 9.78 Å². The fourth-order valence-corrected chi connectivity index (χ4v) is 3.59. The normalized spacial score (nSPS) is 17.3. The number of anilines is 1. The van der Waals surface area contributed by atoms with Gasteiger partial charge < -0.3 is 10.6 Å². The van der Waals surface area contributed by atoms with Crippen LogP contribution >= 0.6 is 0 Å². The van der Waals surface area contributed by atoms with Crippen LogP contribution in [0.2, 0.25) is 0 Å². The fourth-order valence-electron chi connectivity index (χ4n) is 3.59. The maximum Gasteiger partial charge on any atom is 0.323 e. The molecule has 1 aliphatic heterocycles. The summed E-state index contributed by atoms with van der Waals surface area (Å²) < 4.78 is 1.69. The number of carbonyl (C=O) groups is 1. The van der Waals surface area contributed by atoms with Gasteiger partial charge in [0, 0.05) is 30.6 Å². The molecule has 0 radical (unpaired) electrons. The highest BCUT2D eigenvalue weighted by molar-refractivity contribution is 5.89. The topological polar surface area (TPSA) is 89.1 Å². The number of urea groups is 1. The number of hydrogen-bond acceptors (Lipinski definition) is 4. The SMILES string of the molecule is Cc1cc(NC(=O)N2CCC[C@H](N)C2)n(-c2cc(C)c3ccccc3n2)n1. The molecule has 1 atom stereocenters. The van der Waals surface area contributed by atoms with E-state index >= 15 is 0 Å². The maximum atomic E-state index is 12.7. The molecular weight excluding hydrogens is 340 g/mol. The van der Waals surface area contributed by atoms with E-state index in [-0.39, 0.29) is 12.1 Å². The first-order valence-electron chi connectivity index (χ1n) is 9.26. The summed E-state index contributed by atoms with van der Waals surface area (Å²) in [5.41, 5.74) is 8.83. The minimum atomic E-state index is -0.149. The first kappa shape index (κ1) is 17.5. The van der Waals surface area contributed by atoms with E-state index in [1.165, 1.54) is 0 Å². The Morgan fingerprint density at radius 2 is 2.07 bits per heavy atom. The number of fused-ring (bicyclic) bond motifs is 1. The molecule has 0 saturated carbocycles. The molecule has 140 valence electrons. The Kier molecular flexibility index (Phi) is 4.53. The molecule has 0 aliphatic carbocycles. The van der Waals surface area contributed by atoms with Crippen LogP contribution < -0.4 is 11.1 Å². The summed E-state index contributed by atoms with van der Waals surface area (Å²) in [5.74, 6) is 1.30. The number of aromatic nitrogens is 3. The third-order valence-electron chi connectivity index (χ3n) is 4.94. The molecule has 1 saturated heterocycles. The van der Waals surface area contributed by atoms with Gasteiger partial charge in [-0.1, -0.05) is 18.2 Å². The zero-order valence-electron chi connectivity index (χ0n) is 15.6. The van der Waals surface area contributed by atoms with E-state index < -0.39 is 0 Å². The summed E-state index contributed by atoms with van der Waals surface area (Å²) in [6, 6.07) is 11.7. The second kappa shape index (κ2) is 7.00. The second-order valence-corrected chi connectivity index (χ2v) is 7.18. The zero-order chi connectivity index (χ0) is 19.0. The predicted octanol–water partition coefficient (Wildman–Crippen LogP) is 2.99. The molecule has 3 aromatic rings. The fraction of sp³-hybridized carbons (Fsp3) is 0.350. The van der Waals surface area contributed by atoms with E-state index in [1.807, 2.05) is 37.3 Å². The van der Waals surface area contributed by atoms with E-state index in [0.29, 0.717) is 18.2 Å². The third-order valence-corrected chi connectivity index (χ3v) is 4.94. The summed E-state index contributed by atoms with van der Waals surface area (Å²) in [6.45, 7) is 5.25. The second-order valence-electron chi connectivity index (χ2n) is 7.18. The van der Waals surface area contributed by atoms with Gasteiger partial charge in [0.1, 0.15) is 5.82 Å². The van der Waals surface area contributed by atoms with Crippen LogP contribution in [0.15, 0.2) is 36.4 Å². The number of carbonyl (C=O) groups excluding carboxylic acids is 1. The number of benzene rings is 1. The van der Waals surface area contributed by atoms with E-state index in [9.17, 15) is 4.79 Å². The number of nitrogens with two attached hydrogens (primary N) is 1. The molecule has 0 unspecified atom stereocenters. The van der Waals surface area contributed by atoms with Gasteiger partial charge in [-0.3, -0.25) is 5.32 Å². The standard InChI is InChI=1S/C20H24N6O/c1-13-10-18(22-17-8-4-3-7-16(13)17)26-19(11-14(2)24-26)23-20(27)25-9-5-6-15(21)12-25/h3-4,7-8,10-11,15H,5-6,9,12,21H2,1-2H3,(H,23,27)/t15-/m0/s1. The van der Waals surface area contributed by atoms with Crippen molar-refractivity contribution >= 4 is 22.8 Å². The van der Waals surface area contributed by atoms with Crippen molar-refractivity contribution in [2.75, 3.05) is 18.4 Å². The molecular formula is C20H24N6O. The Balaban J connectivity index is 1.66. The summed E-state index contributed by atoms with van der Waals surface area (Å²) in [6.07, 6.45) is 1.89. The highest BCUT2D eigenvalue weighted by atomic mass is 16.2. The lowest BCUT2D eigenvalue weighted by Crippen LogP contribution is -2.47. The highest BCUT2D eigenvalue weighted by Gasteiger charge is 2.22. The lowest BCUT2D eigenvalue weighted by atomic mass is 10.1. The van der Waals surface area contributed by atoms with Crippen molar-refractivity contribution < 1.29 is 4.79 Å². The van der Waals surface area contributed by atoms with Gasteiger partial charge >= 0.3 is 6.03 Å². The summed E-state index contributed by atoms with van der Waals surface area (Å²) >= 11 is 0. The van der Waals surface area contributed by atoms with Crippen LogP contribution in [0.1, 0.15) is 24.1 Å². The maximum absolute atomic E-state index is 12.7. The number of nitrogens with zero attached hydrogens (tertiary/aromatic N) is 4. The minimum Gasteiger partial charge on any atom is -0.326 e. The van der Waals surface area contributed by atoms with Gasteiger partial charge in [0.15, 0.2) is 5.82 Å². The average molecular weight is 364 g/mol. The van der Waals surface area contributed by atoms with Crippen LogP contribution in [0.4, 0.5) is 10.6 Å². The average Bonchev–Trinajstić information content (AvgIpc) is 3.02. The smallest absolute Gasteiger partial charge is 0.323 e. The van der Waals surface area contributed by atoms with Crippen molar-refractivity contribution in [3.05, 3.63) is 47.7 Å². The van der Waals surface area contributed by atoms with E-state index in [2.05, 4.69) is 23.4 Å².